The van der Waals surface area contributed by atoms with Crippen LogP contribution in [0.4, 0.5) is 5.69 Å². The molecule has 6 heteroatoms. The van der Waals surface area contributed by atoms with Gasteiger partial charge in [0, 0.05) is 18.6 Å². The van der Waals surface area contributed by atoms with Gasteiger partial charge >= 0.3 is 0 Å². The fourth-order valence-corrected chi connectivity index (χ4v) is 3.42. The quantitative estimate of drug-likeness (QED) is 0.870. The first-order valence-electron chi connectivity index (χ1n) is 5.55. The van der Waals surface area contributed by atoms with Crippen LogP contribution in [0.15, 0.2) is 23.1 Å². The standard InChI is InChI=1S/C12H19ClN2O2S/c1-12(2,3)8-15(4)18(16,17)11-7-9(13)5-6-10(11)14/h5-7H,8,14H2,1-4H3. The molecule has 0 radical (unpaired) electrons. The third kappa shape index (κ3) is 3.60. The maximum absolute atomic E-state index is 12.4. The third-order valence-electron chi connectivity index (χ3n) is 2.36. The summed E-state index contributed by atoms with van der Waals surface area (Å²) in [7, 11) is -2.06. The van der Waals surface area contributed by atoms with E-state index in [0.717, 1.165) is 0 Å². The molecule has 0 unspecified atom stereocenters. The largest absolute Gasteiger partial charge is 0.398 e. The highest BCUT2D eigenvalue weighted by Crippen LogP contribution is 2.27. The molecular weight excluding hydrogens is 272 g/mol. The van der Waals surface area contributed by atoms with E-state index in [1.165, 1.54) is 16.4 Å². The summed E-state index contributed by atoms with van der Waals surface area (Å²) in [6.07, 6.45) is 0. The van der Waals surface area contributed by atoms with Crippen LogP contribution >= 0.6 is 11.6 Å². The number of benzene rings is 1. The van der Waals surface area contributed by atoms with Gasteiger partial charge in [-0.05, 0) is 23.6 Å². The highest BCUT2D eigenvalue weighted by Gasteiger charge is 2.27. The average Bonchev–Trinajstić information content (AvgIpc) is 2.19. The predicted octanol–water partition coefficient (Wildman–Crippen LogP) is 2.59. The Bertz CT molecular complexity index is 535. The number of hydrogen-bond acceptors (Lipinski definition) is 3. The zero-order valence-electron chi connectivity index (χ0n) is 11.1. The molecule has 18 heavy (non-hydrogen) atoms. The second kappa shape index (κ2) is 5.07. The summed E-state index contributed by atoms with van der Waals surface area (Å²) in [4.78, 5) is 0.0572. The molecule has 0 amide bonds. The molecule has 0 aromatic heterocycles. The van der Waals surface area contributed by atoms with Gasteiger partial charge in [-0.1, -0.05) is 32.4 Å². The minimum Gasteiger partial charge on any atom is -0.398 e. The van der Waals surface area contributed by atoms with Crippen molar-refractivity contribution >= 4 is 27.3 Å². The molecule has 0 aliphatic rings. The van der Waals surface area contributed by atoms with Crippen LogP contribution in [0.5, 0.6) is 0 Å². The van der Waals surface area contributed by atoms with Crippen molar-refractivity contribution in [2.75, 3.05) is 19.3 Å². The van der Waals surface area contributed by atoms with Gasteiger partial charge in [-0.15, -0.1) is 0 Å². The maximum atomic E-state index is 12.4. The van der Waals surface area contributed by atoms with E-state index in [9.17, 15) is 8.42 Å². The Morgan fingerprint density at radius 2 is 1.89 bits per heavy atom. The van der Waals surface area contributed by atoms with Crippen LogP contribution in [0.2, 0.25) is 5.02 Å². The summed E-state index contributed by atoms with van der Waals surface area (Å²) in [5, 5.41) is 0.354. The Kier molecular flexibility index (Phi) is 4.30. The molecular formula is C12H19ClN2O2S. The van der Waals surface area contributed by atoms with Crippen LogP contribution in [0.25, 0.3) is 0 Å². The molecule has 1 aromatic rings. The second-order valence-corrected chi connectivity index (χ2v) is 7.95. The molecule has 0 saturated heterocycles. The predicted molar refractivity (Wildman–Crippen MR) is 75.1 cm³/mol. The molecule has 0 fully saturated rings. The van der Waals surface area contributed by atoms with E-state index in [2.05, 4.69) is 0 Å². The van der Waals surface area contributed by atoms with Crippen molar-refractivity contribution in [1.29, 1.82) is 0 Å². The third-order valence-corrected chi connectivity index (χ3v) is 4.46. The molecule has 0 spiro atoms. The van der Waals surface area contributed by atoms with Crippen molar-refractivity contribution in [3.63, 3.8) is 0 Å². The zero-order chi connectivity index (χ0) is 14.1. The monoisotopic (exact) mass is 290 g/mol. The topological polar surface area (TPSA) is 63.4 Å². The maximum Gasteiger partial charge on any atom is 0.244 e. The highest BCUT2D eigenvalue weighted by atomic mass is 35.5. The number of hydrogen-bond donors (Lipinski definition) is 1. The SMILES string of the molecule is CN(CC(C)(C)C)S(=O)(=O)c1cc(Cl)ccc1N. The van der Waals surface area contributed by atoms with Gasteiger partial charge in [-0.25, -0.2) is 12.7 Å². The van der Waals surface area contributed by atoms with E-state index in [-0.39, 0.29) is 16.0 Å². The summed E-state index contributed by atoms with van der Waals surface area (Å²) in [6, 6.07) is 4.45. The number of anilines is 1. The molecule has 0 atom stereocenters. The summed E-state index contributed by atoms with van der Waals surface area (Å²) in [5.41, 5.74) is 5.79. The molecule has 1 rings (SSSR count). The van der Waals surface area contributed by atoms with Gasteiger partial charge in [0.05, 0.1) is 5.69 Å². The fraction of sp³-hybridized carbons (Fsp3) is 0.500. The van der Waals surface area contributed by atoms with E-state index in [1.807, 2.05) is 20.8 Å². The van der Waals surface area contributed by atoms with Crippen molar-refractivity contribution in [2.45, 2.75) is 25.7 Å². The molecule has 0 aliphatic heterocycles. The molecule has 0 heterocycles. The minimum absolute atomic E-state index is 0.0572. The van der Waals surface area contributed by atoms with Crippen molar-refractivity contribution < 1.29 is 8.42 Å². The molecule has 2 N–H and O–H groups in total. The first kappa shape index (κ1) is 15.3. The summed E-state index contributed by atoms with van der Waals surface area (Å²) < 4.78 is 26.0. The Balaban J connectivity index is 3.17. The number of nitrogens with zero attached hydrogens (tertiary/aromatic N) is 1. The Hall–Kier alpha value is -0.780. The first-order valence-corrected chi connectivity index (χ1v) is 7.37. The van der Waals surface area contributed by atoms with Gasteiger partial charge in [0.2, 0.25) is 10.0 Å². The molecule has 1 aromatic carbocycles. The zero-order valence-corrected chi connectivity index (χ0v) is 12.6. The fourth-order valence-electron chi connectivity index (χ4n) is 1.65. The highest BCUT2D eigenvalue weighted by molar-refractivity contribution is 7.89. The van der Waals surface area contributed by atoms with E-state index < -0.39 is 10.0 Å². The lowest BCUT2D eigenvalue weighted by molar-refractivity contribution is 0.311. The lowest BCUT2D eigenvalue weighted by Gasteiger charge is -2.26. The van der Waals surface area contributed by atoms with Crippen molar-refractivity contribution in [1.82, 2.24) is 4.31 Å². The van der Waals surface area contributed by atoms with Gasteiger partial charge in [-0.3, -0.25) is 0 Å². The van der Waals surface area contributed by atoms with Crippen molar-refractivity contribution in [3.8, 4) is 0 Å². The molecule has 0 saturated carbocycles. The van der Waals surface area contributed by atoms with Gasteiger partial charge in [0.1, 0.15) is 4.90 Å². The van der Waals surface area contributed by atoms with Crippen molar-refractivity contribution in [3.05, 3.63) is 23.2 Å². The van der Waals surface area contributed by atoms with Crippen LogP contribution in [0, 0.1) is 5.41 Å². The van der Waals surface area contributed by atoms with Crippen LogP contribution in [0.1, 0.15) is 20.8 Å². The van der Waals surface area contributed by atoms with E-state index in [0.29, 0.717) is 11.6 Å². The summed E-state index contributed by atoms with van der Waals surface area (Å²) in [5.74, 6) is 0. The number of sulfonamides is 1. The van der Waals surface area contributed by atoms with Crippen LogP contribution in [0.3, 0.4) is 0 Å². The second-order valence-electron chi connectivity index (χ2n) is 5.50. The number of halogens is 1. The van der Waals surface area contributed by atoms with Crippen molar-refractivity contribution in [2.24, 2.45) is 5.41 Å². The average molecular weight is 291 g/mol. The molecule has 0 aliphatic carbocycles. The molecule has 4 nitrogen and oxygen atoms in total. The van der Waals surface area contributed by atoms with Crippen LogP contribution < -0.4 is 5.73 Å². The van der Waals surface area contributed by atoms with E-state index >= 15 is 0 Å². The van der Waals surface area contributed by atoms with Gasteiger partial charge in [0.15, 0.2) is 0 Å². The number of nitrogens with two attached hydrogens (primary N) is 1. The lowest BCUT2D eigenvalue weighted by atomic mass is 9.97. The first-order chi connectivity index (χ1) is 8.04. The van der Waals surface area contributed by atoms with E-state index in [4.69, 9.17) is 17.3 Å². The molecule has 0 bridgehead atoms. The smallest absolute Gasteiger partial charge is 0.244 e. The lowest BCUT2D eigenvalue weighted by Crippen LogP contribution is -2.34. The normalized spacial score (nSPS) is 13.0. The van der Waals surface area contributed by atoms with Gasteiger partial charge in [-0.2, -0.15) is 0 Å². The van der Waals surface area contributed by atoms with Crippen LogP contribution in [-0.2, 0) is 10.0 Å². The Labute approximate surface area is 114 Å². The van der Waals surface area contributed by atoms with E-state index in [1.54, 1.807) is 13.1 Å². The number of nitrogen functional groups attached to an aromatic ring is 1. The van der Waals surface area contributed by atoms with Gasteiger partial charge in [0.25, 0.3) is 0 Å². The summed E-state index contributed by atoms with van der Waals surface area (Å²) >= 11 is 5.82. The molecule has 102 valence electrons. The Morgan fingerprint density at radius 3 is 2.39 bits per heavy atom. The minimum atomic E-state index is -3.60. The van der Waals surface area contributed by atoms with Gasteiger partial charge < -0.3 is 5.73 Å². The Morgan fingerprint density at radius 1 is 1.33 bits per heavy atom. The van der Waals surface area contributed by atoms with Crippen LogP contribution in [-0.4, -0.2) is 26.3 Å². The number of rotatable bonds is 3. The summed E-state index contributed by atoms with van der Waals surface area (Å²) in [6.45, 7) is 6.32.